The summed E-state index contributed by atoms with van der Waals surface area (Å²) >= 11 is 0. The molecule has 7 aromatic rings. The van der Waals surface area contributed by atoms with Gasteiger partial charge in [0.05, 0.1) is 17.1 Å². The van der Waals surface area contributed by atoms with Gasteiger partial charge in [-0.15, -0.1) is 0 Å². The first-order chi connectivity index (χ1) is 21.9. The van der Waals surface area contributed by atoms with E-state index in [1.807, 2.05) is 24.5 Å². The van der Waals surface area contributed by atoms with Gasteiger partial charge in [-0.2, -0.15) is 0 Å². The number of aromatic nitrogens is 2. The summed E-state index contributed by atoms with van der Waals surface area (Å²) in [6.45, 7) is 0. The van der Waals surface area contributed by atoms with E-state index in [1.165, 1.54) is 32.1 Å². The van der Waals surface area contributed by atoms with Crippen molar-refractivity contribution in [2.45, 2.75) is 0 Å². The third kappa shape index (κ3) is 4.03. The van der Waals surface area contributed by atoms with Crippen molar-refractivity contribution in [3.63, 3.8) is 0 Å². The fourth-order valence-corrected chi connectivity index (χ4v) is 12.0. The van der Waals surface area contributed by atoms with Crippen molar-refractivity contribution in [1.29, 1.82) is 0 Å². The van der Waals surface area contributed by atoms with E-state index in [1.54, 1.807) is 0 Å². The summed E-state index contributed by atoms with van der Waals surface area (Å²) in [6, 6.07) is 59.0. The minimum atomic E-state index is -2.72. The number of hydrogen-bond acceptors (Lipinski definition) is 3. The normalized spacial score (nSPS) is 13.1. The number of pyridine rings is 2. The second kappa shape index (κ2) is 10.9. The predicted molar refractivity (Wildman–Crippen MR) is 185 cm³/mol. The van der Waals surface area contributed by atoms with Gasteiger partial charge in [-0.05, 0) is 57.1 Å². The van der Waals surface area contributed by atoms with E-state index in [2.05, 4.69) is 157 Å². The average molecular weight is 580 g/mol. The molecule has 0 aliphatic carbocycles. The molecule has 0 unspecified atom stereocenters. The molecule has 0 saturated heterocycles. The molecule has 0 radical (unpaired) electrons. The van der Waals surface area contributed by atoms with Crippen molar-refractivity contribution < 1.29 is 0 Å². The molecule has 1 aliphatic heterocycles. The third-order valence-electron chi connectivity index (χ3n) is 8.65. The van der Waals surface area contributed by atoms with Crippen LogP contribution >= 0.6 is 0 Å². The van der Waals surface area contributed by atoms with Crippen molar-refractivity contribution in [2.75, 3.05) is 4.90 Å². The van der Waals surface area contributed by atoms with Crippen LogP contribution in [0.25, 0.3) is 22.5 Å². The maximum absolute atomic E-state index is 4.84. The first-order valence-corrected chi connectivity index (χ1v) is 16.9. The Bertz CT molecular complexity index is 1920. The molecule has 5 aromatic carbocycles. The topological polar surface area (TPSA) is 29.0 Å². The lowest BCUT2D eigenvalue weighted by Gasteiger charge is -2.45. The Kier molecular flexibility index (Phi) is 6.47. The molecule has 4 heteroatoms. The Morgan fingerprint density at radius 3 is 1.27 bits per heavy atom. The van der Waals surface area contributed by atoms with Gasteiger partial charge < -0.3 is 4.90 Å². The minimum absolute atomic E-state index is 0.926. The molecule has 0 saturated carbocycles. The quantitative estimate of drug-likeness (QED) is 0.206. The SMILES string of the molecule is c1ccc([Si]2(c3ccccc3)c3ccccc3N(c3c(-c4ccccn4)cccc3-c3ccccn3)c3ccccc32)cc1. The Morgan fingerprint density at radius 2 is 0.818 bits per heavy atom. The highest BCUT2D eigenvalue weighted by Gasteiger charge is 2.49. The predicted octanol–water partition coefficient (Wildman–Crippen LogP) is 6.97. The van der Waals surface area contributed by atoms with Gasteiger partial charge in [0.1, 0.15) is 0 Å². The highest BCUT2D eigenvalue weighted by molar-refractivity contribution is 7.21. The molecule has 1 aliphatic rings. The summed E-state index contributed by atoms with van der Waals surface area (Å²) in [6.07, 6.45) is 3.74. The second-order valence-electron chi connectivity index (χ2n) is 11.0. The van der Waals surface area contributed by atoms with Crippen LogP contribution in [0.3, 0.4) is 0 Å². The van der Waals surface area contributed by atoms with Crippen LogP contribution in [0.5, 0.6) is 0 Å². The zero-order valence-corrected chi connectivity index (χ0v) is 25.1. The molecule has 0 atom stereocenters. The fourth-order valence-electron chi connectivity index (χ4n) is 6.89. The van der Waals surface area contributed by atoms with E-state index in [0.29, 0.717) is 0 Å². The largest absolute Gasteiger partial charge is 0.309 e. The molecule has 0 N–H and O–H groups in total. The summed E-state index contributed by atoms with van der Waals surface area (Å²) in [4.78, 5) is 12.1. The zero-order chi connectivity index (χ0) is 29.3. The van der Waals surface area contributed by atoms with Crippen molar-refractivity contribution in [3.05, 3.63) is 176 Å². The van der Waals surface area contributed by atoms with Gasteiger partial charge in [-0.1, -0.05) is 127 Å². The number of fused-ring (bicyclic) bond motifs is 2. The Morgan fingerprint density at radius 1 is 0.386 bits per heavy atom. The number of benzene rings is 5. The molecular weight excluding hydrogens is 551 g/mol. The first kappa shape index (κ1) is 26.1. The van der Waals surface area contributed by atoms with Crippen LogP contribution in [-0.4, -0.2) is 18.0 Å². The summed E-state index contributed by atoms with van der Waals surface area (Å²) in [5.74, 6) is 0. The van der Waals surface area contributed by atoms with Gasteiger partial charge in [0, 0.05) is 34.9 Å². The van der Waals surface area contributed by atoms with Crippen molar-refractivity contribution in [1.82, 2.24) is 9.97 Å². The summed E-state index contributed by atoms with van der Waals surface area (Å²) in [5, 5.41) is 5.46. The molecule has 0 fully saturated rings. The van der Waals surface area contributed by atoms with Gasteiger partial charge >= 0.3 is 0 Å². The summed E-state index contributed by atoms with van der Waals surface area (Å²) in [5.41, 5.74) is 7.43. The van der Waals surface area contributed by atoms with Crippen LogP contribution in [0.1, 0.15) is 0 Å². The molecule has 3 heterocycles. The van der Waals surface area contributed by atoms with Crippen LogP contribution in [-0.2, 0) is 0 Å². The van der Waals surface area contributed by atoms with Gasteiger partial charge in [0.15, 0.2) is 8.07 Å². The van der Waals surface area contributed by atoms with Crippen LogP contribution in [0, 0.1) is 0 Å². The smallest absolute Gasteiger partial charge is 0.184 e. The maximum Gasteiger partial charge on any atom is 0.184 e. The second-order valence-corrected chi connectivity index (χ2v) is 14.7. The van der Waals surface area contributed by atoms with Gasteiger partial charge in [0.25, 0.3) is 0 Å². The molecule has 44 heavy (non-hydrogen) atoms. The lowest BCUT2D eigenvalue weighted by atomic mass is 9.98. The van der Waals surface area contributed by atoms with Crippen LogP contribution in [0.2, 0.25) is 0 Å². The first-order valence-electron chi connectivity index (χ1n) is 14.9. The monoisotopic (exact) mass is 579 g/mol. The zero-order valence-electron chi connectivity index (χ0n) is 24.1. The molecule has 0 amide bonds. The number of rotatable bonds is 5. The number of para-hydroxylation sites is 3. The van der Waals surface area contributed by atoms with E-state index < -0.39 is 8.07 Å². The number of nitrogens with zero attached hydrogens (tertiary/aromatic N) is 3. The Labute approximate surface area is 258 Å². The standard InChI is InChI=1S/C40H29N3Si/c1-3-16-30(17-4-1)44(31-18-5-2-6-19-31)38-26-9-7-24-36(38)43(37-25-8-10-27-39(37)44)40-32(34-22-11-13-28-41-34)20-15-21-33(40)35-23-12-14-29-42-35/h1-29H. The molecule has 2 aromatic heterocycles. The molecule has 0 bridgehead atoms. The van der Waals surface area contributed by atoms with Crippen LogP contribution in [0.15, 0.2) is 176 Å². The highest BCUT2D eigenvalue weighted by Crippen LogP contribution is 2.47. The fraction of sp³-hybridized carbons (Fsp3) is 0. The van der Waals surface area contributed by atoms with E-state index in [-0.39, 0.29) is 0 Å². The summed E-state index contributed by atoms with van der Waals surface area (Å²) in [7, 11) is -2.72. The van der Waals surface area contributed by atoms with E-state index >= 15 is 0 Å². The van der Waals surface area contributed by atoms with E-state index in [4.69, 9.17) is 9.97 Å². The molecule has 208 valence electrons. The van der Waals surface area contributed by atoms with Gasteiger partial charge in [-0.3, -0.25) is 9.97 Å². The van der Waals surface area contributed by atoms with E-state index in [0.717, 1.165) is 28.2 Å². The lowest BCUT2D eigenvalue weighted by Crippen LogP contribution is -2.77. The van der Waals surface area contributed by atoms with Crippen molar-refractivity contribution >= 4 is 45.9 Å². The lowest BCUT2D eigenvalue weighted by molar-refractivity contribution is 1.25. The van der Waals surface area contributed by atoms with Crippen molar-refractivity contribution in [3.8, 4) is 22.5 Å². The molecule has 8 rings (SSSR count). The molecule has 3 nitrogen and oxygen atoms in total. The minimum Gasteiger partial charge on any atom is -0.309 e. The van der Waals surface area contributed by atoms with Gasteiger partial charge in [-0.25, -0.2) is 0 Å². The van der Waals surface area contributed by atoms with Crippen LogP contribution in [0.4, 0.5) is 17.1 Å². The van der Waals surface area contributed by atoms with E-state index in [9.17, 15) is 0 Å². The average Bonchev–Trinajstić information content (AvgIpc) is 3.12. The Balaban J connectivity index is 1.52. The van der Waals surface area contributed by atoms with Crippen molar-refractivity contribution in [2.24, 2.45) is 0 Å². The molecular formula is C40H29N3Si. The number of hydrogen-bond donors (Lipinski definition) is 0. The number of anilines is 3. The highest BCUT2D eigenvalue weighted by atomic mass is 28.3. The van der Waals surface area contributed by atoms with Gasteiger partial charge in [0.2, 0.25) is 0 Å². The summed E-state index contributed by atoms with van der Waals surface area (Å²) < 4.78 is 0. The maximum atomic E-state index is 4.84. The Hall–Kier alpha value is -5.58. The third-order valence-corrected chi connectivity index (χ3v) is 13.5. The molecule has 0 spiro atoms. The van der Waals surface area contributed by atoms with Crippen LogP contribution < -0.4 is 25.6 Å².